The molecular formula is C13H13Cl2IN2O. The fourth-order valence-electron chi connectivity index (χ4n) is 1.98. The SMILES string of the molecule is Cc1nn(C)c(Cl)c1CC(O)c1cc(Cl)ccc1I. The van der Waals surface area contributed by atoms with Gasteiger partial charge in [-0.1, -0.05) is 23.2 Å². The van der Waals surface area contributed by atoms with Crippen molar-refractivity contribution in [1.29, 1.82) is 0 Å². The number of aliphatic hydroxyl groups excluding tert-OH is 1. The molecule has 0 bridgehead atoms. The van der Waals surface area contributed by atoms with Crippen molar-refractivity contribution in [3.8, 4) is 0 Å². The van der Waals surface area contributed by atoms with Crippen molar-refractivity contribution in [2.75, 3.05) is 0 Å². The van der Waals surface area contributed by atoms with Crippen LogP contribution in [0.2, 0.25) is 10.2 Å². The summed E-state index contributed by atoms with van der Waals surface area (Å²) in [5.74, 6) is 0. The first-order valence-electron chi connectivity index (χ1n) is 5.71. The van der Waals surface area contributed by atoms with Crippen molar-refractivity contribution in [2.24, 2.45) is 7.05 Å². The van der Waals surface area contributed by atoms with Crippen LogP contribution in [0.4, 0.5) is 0 Å². The molecule has 0 aliphatic heterocycles. The Bertz CT molecular complexity index is 613. The normalized spacial score (nSPS) is 12.7. The number of aromatic nitrogens is 2. The molecule has 0 radical (unpaired) electrons. The van der Waals surface area contributed by atoms with Gasteiger partial charge in [-0.15, -0.1) is 0 Å². The van der Waals surface area contributed by atoms with Crippen LogP contribution >= 0.6 is 45.8 Å². The number of nitrogens with zero attached hydrogens (tertiary/aromatic N) is 2. The predicted molar refractivity (Wildman–Crippen MR) is 85.8 cm³/mol. The van der Waals surface area contributed by atoms with Crippen molar-refractivity contribution in [1.82, 2.24) is 9.78 Å². The van der Waals surface area contributed by atoms with Gasteiger partial charge in [0.25, 0.3) is 0 Å². The fourth-order valence-corrected chi connectivity index (χ4v) is 3.11. The maximum absolute atomic E-state index is 10.4. The molecule has 6 heteroatoms. The molecule has 0 saturated carbocycles. The van der Waals surface area contributed by atoms with Gasteiger partial charge in [0.15, 0.2) is 0 Å². The van der Waals surface area contributed by atoms with Crippen molar-refractivity contribution < 1.29 is 5.11 Å². The van der Waals surface area contributed by atoms with E-state index in [-0.39, 0.29) is 0 Å². The highest BCUT2D eigenvalue weighted by molar-refractivity contribution is 14.1. The maximum atomic E-state index is 10.4. The number of aliphatic hydroxyl groups is 1. The second-order valence-corrected chi connectivity index (χ2v) is 6.32. The summed E-state index contributed by atoms with van der Waals surface area (Å²) in [4.78, 5) is 0. The third kappa shape index (κ3) is 3.24. The smallest absolute Gasteiger partial charge is 0.130 e. The summed E-state index contributed by atoms with van der Waals surface area (Å²) >= 11 is 14.3. The van der Waals surface area contributed by atoms with E-state index in [2.05, 4.69) is 27.7 Å². The third-order valence-corrected chi connectivity index (χ3v) is 4.67. The molecule has 1 unspecified atom stereocenters. The first kappa shape index (κ1) is 15.1. The molecule has 0 aliphatic carbocycles. The van der Waals surface area contributed by atoms with Crippen LogP contribution in [0.3, 0.4) is 0 Å². The lowest BCUT2D eigenvalue weighted by atomic mass is 10.0. The van der Waals surface area contributed by atoms with Gasteiger partial charge in [-0.05, 0) is 53.3 Å². The van der Waals surface area contributed by atoms with E-state index in [1.807, 2.05) is 19.1 Å². The summed E-state index contributed by atoms with van der Waals surface area (Å²) < 4.78 is 2.59. The van der Waals surface area contributed by atoms with Gasteiger partial charge in [-0.25, -0.2) is 0 Å². The molecule has 3 nitrogen and oxygen atoms in total. The molecule has 2 aromatic rings. The molecule has 19 heavy (non-hydrogen) atoms. The molecule has 0 spiro atoms. The standard InChI is InChI=1S/C13H13Cl2IN2O/c1-7-9(13(15)18(2)17-7)6-12(19)10-5-8(14)3-4-11(10)16/h3-5,12,19H,6H2,1-2H3. The summed E-state index contributed by atoms with van der Waals surface area (Å²) in [5.41, 5.74) is 2.52. The van der Waals surface area contributed by atoms with Crippen LogP contribution < -0.4 is 0 Å². The van der Waals surface area contributed by atoms with Crippen molar-refractivity contribution in [2.45, 2.75) is 19.4 Å². The average molecular weight is 411 g/mol. The quantitative estimate of drug-likeness (QED) is 0.779. The van der Waals surface area contributed by atoms with Gasteiger partial charge in [0.1, 0.15) is 5.15 Å². The van der Waals surface area contributed by atoms with Crippen molar-refractivity contribution in [3.63, 3.8) is 0 Å². The molecule has 0 fully saturated rings. The molecule has 1 heterocycles. The number of aryl methyl sites for hydroxylation is 2. The molecule has 0 amide bonds. The molecule has 1 aromatic heterocycles. The lowest BCUT2D eigenvalue weighted by Crippen LogP contribution is -2.05. The largest absolute Gasteiger partial charge is 0.388 e. The minimum atomic E-state index is -0.647. The van der Waals surface area contributed by atoms with Crippen LogP contribution in [0, 0.1) is 10.5 Å². The van der Waals surface area contributed by atoms with Gasteiger partial charge in [0, 0.05) is 27.6 Å². The minimum absolute atomic E-state index is 0.425. The summed E-state index contributed by atoms with van der Waals surface area (Å²) in [6, 6.07) is 5.48. The van der Waals surface area contributed by atoms with Crippen molar-refractivity contribution in [3.05, 3.63) is 48.8 Å². The van der Waals surface area contributed by atoms with E-state index in [9.17, 15) is 5.11 Å². The summed E-state index contributed by atoms with van der Waals surface area (Å²) in [6.45, 7) is 1.89. The summed E-state index contributed by atoms with van der Waals surface area (Å²) in [6.07, 6.45) is -0.222. The Morgan fingerprint density at radius 2 is 2.11 bits per heavy atom. The van der Waals surface area contributed by atoms with Crippen LogP contribution in [0.25, 0.3) is 0 Å². The zero-order valence-corrected chi connectivity index (χ0v) is 14.2. The zero-order chi connectivity index (χ0) is 14.2. The van der Waals surface area contributed by atoms with E-state index in [1.54, 1.807) is 17.8 Å². The Balaban J connectivity index is 2.30. The summed E-state index contributed by atoms with van der Waals surface area (Å²) in [5, 5.41) is 15.8. The molecular weight excluding hydrogens is 398 g/mol. The first-order chi connectivity index (χ1) is 8.90. The van der Waals surface area contributed by atoms with E-state index in [4.69, 9.17) is 23.2 Å². The van der Waals surface area contributed by atoms with E-state index in [0.717, 1.165) is 20.4 Å². The highest BCUT2D eigenvalue weighted by Crippen LogP contribution is 2.29. The number of benzene rings is 1. The summed E-state index contributed by atoms with van der Waals surface area (Å²) in [7, 11) is 1.79. The number of rotatable bonds is 3. The van der Waals surface area contributed by atoms with E-state index >= 15 is 0 Å². The van der Waals surface area contributed by atoms with Crippen LogP contribution in [0.15, 0.2) is 18.2 Å². The molecule has 1 aromatic carbocycles. The molecule has 0 saturated heterocycles. The van der Waals surface area contributed by atoms with E-state index < -0.39 is 6.10 Å². The monoisotopic (exact) mass is 410 g/mol. The second-order valence-electron chi connectivity index (χ2n) is 4.36. The van der Waals surface area contributed by atoms with Gasteiger partial charge < -0.3 is 5.11 Å². The van der Waals surface area contributed by atoms with Gasteiger partial charge in [-0.3, -0.25) is 4.68 Å². The number of hydrogen-bond donors (Lipinski definition) is 1. The molecule has 2 rings (SSSR count). The van der Waals surface area contributed by atoms with Crippen molar-refractivity contribution >= 4 is 45.8 Å². The lowest BCUT2D eigenvalue weighted by Gasteiger charge is -2.13. The Hall–Kier alpha value is -0.300. The van der Waals surface area contributed by atoms with Gasteiger partial charge in [0.2, 0.25) is 0 Å². The molecule has 102 valence electrons. The Kier molecular flexibility index (Phi) is 4.76. The zero-order valence-electron chi connectivity index (χ0n) is 10.5. The first-order valence-corrected chi connectivity index (χ1v) is 7.54. The molecule has 1 N–H and O–H groups in total. The average Bonchev–Trinajstić information content (AvgIpc) is 2.59. The lowest BCUT2D eigenvalue weighted by molar-refractivity contribution is 0.177. The Labute approximate surface area is 135 Å². The molecule has 1 atom stereocenters. The number of halogens is 3. The van der Waals surface area contributed by atoms with Crippen LogP contribution in [0.5, 0.6) is 0 Å². The van der Waals surface area contributed by atoms with Crippen LogP contribution in [0.1, 0.15) is 22.9 Å². The topological polar surface area (TPSA) is 38.0 Å². The van der Waals surface area contributed by atoms with Crippen LogP contribution in [-0.4, -0.2) is 14.9 Å². The highest BCUT2D eigenvalue weighted by Gasteiger charge is 2.18. The Morgan fingerprint density at radius 1 is 1.42 bits per heavy atom. The minimum Gasteiger partial charge on any atom is -0.388 e. The highest BCUT2D eigenvalue weighted by atomic mass is 127. The third-order valence-electron chi connectivity index (χ3n) is 2.98. The molecule has 0 aliphatic rings. The number of hydrogen-bond acceptors (Lipinski definition) is 2. The van der Waals surface area contributed by atoms with Crippen LogP contribution in [-0.2, 0) is 13.5 Å². The second kappa shape index (κ2) is 5.99. The Morgan fingerprint density at radius 3 is 2.68 bits per heavy atom. The van der Waals surface area contributed by atoms with E-state index in [0.29, 0.717) is 16.6 Å². The van der Waals surface area contributed by atoms with Gasteiger partial charge in [-0.2, -0.15) is 5.10 Å². The maximum Gasteiger partial charge on any atom is 0.130 e. The van der Waals surface area contributed by atoms with E-state index in [1.165, 1.54) is 0 Å². The van der Waals surface area contributed by atoms with Gasteiger partial charge in [0.05, 0.1) is 11.8 Å². The van der Waals surface area contributed by atoms with Gasteiger partial charge >= 0.3 is 0 Å². The fraction of sp³-hybridized carbons (Fsp3) is 0.308. The predicted octanol–water partition coefficient (Wildman–Crippen LogP) is 3.92.